The summed E-state index contributed by atoms with van der Waals surface area (Å²) >= 11 is 0. The van der Waals surface area contributed by atoms with E-state index in [2.05, 4.69) is 9.94 Å². The predicted octanol–water partition coefficient (Wildman–Crippen LogP) is -0.507. The Balaban J connectivity index is 3.40. The first kappa shape index (κ1) is 12.0. The molecule has 86 valence electrons. The number of nitrogen functional groups attached to an aromatic ring is 1. The van der Waals surface area contributed by atoms with Crippen molar-refractivity contribution in [2.45, 2.75) is 11.8 Å². The van der Waals surface area contributed by atoms with Gasteiger partial charge in [0.1, 0.15) is 4.90 Å². The molecule has 0 aliphatic carbocycles. The minimum atomic E-state index is -3.73. The van der Waals surface area contributed by atoms with Gasteiger partial charge in [-0.2, -0.15) is 5.10 Å². The van der Waals surface area contributed by atoms with E-state index in [1.165, 1.54) is 18.8 Å². The third kappa shape index (κ3) is 1.83. The minimum absolute atomic E-state index is 0.0191. The Labute approximate surface area is 88.4 Å². The summed E-state index contributed by atoms with van der Waals surface area (Å²) in [6, 6.07) is 0. The van der Waals surface area contributed by atoms with E-state index < -0.39 is 10.0 Å². The molecule has 0 atom stereocenters. The molecule has 0 spiro atoms. The molecule has 1 aromatic rings. The monoisotopic (exact) mass is 234 g/mol. The Bertz CT molecular complexity index is 465. The van der Waals surface area contributed by atoms with Crippen molar-refractivity contribution in [1.29, 1.82) is 0 Å². The van der Waals surface area contributed by atoms with Crippen LogP contribution in [0.4, 0.5) is 5.82 Å². The van der Waals surface area contributed by atoms with Gasteiger partial charge in [0, 0.05) is 14.1 Å². The van der Waals surface area contributed by atoms with Crippen LogP contribution < -0.4 is 5.73 Å². The van der Waals surface area contributed by atoms with Gasteiger partial charge in [0.05, 0.1) is 12.8 Å². The molecule has 1 heterocycles. The van der Waals surface area contributed by atoms with E-state index in [0.29, 0.717) is 5.69 Å². The molecular weight excluding hydrogens is 220 g/mol. The molecule has 1 rings (SSSR count). The van der Waals surface area contributed by atoms with Crippen molar-refractivity contribution in [3.8, 4) is 0 Å². The second-order valence-corrected chi connectivity index (χ2v) is 4.89. The van der Waals surface area contributed by atoms with E-state index in [1.807, 2.05) is 0 Å². The lowest BCUT2D eigenvalue weighted by atomic mass is 10.5. The van der Waals surface area contributed by atoms with Gasteiger partial charge < -0.3 is 5.73 Å². The number of aromatic nitrogens is 2. The van der Waals surface area contributed by atoms with Crippen LogP contribution in [0.25, 0.3) is 0 Å². The lowest BCUT2D eigenvalue weighted by Crippen LogP contribution is -2.26. The van der Waals surface area contributed by atoms with Gasteiger partial charge in [0.2, 0.25) is 0 Å². The summed E-state index contributed by atoms with van der Waals surface area (Å²) in [4.78, 5) is 4.62. The summed E-state index contributed by atoms with van der Waals surface area (Å²) in [5.74, 6) is -0.0288. The molecule has 1 aromatic heterocycles. The maximum absolute atomic E-state index is 11.9. The van der Waals surface area contributed by atoms with Crippen molar-refractivity contribution in [1.82, 2.24) is 14.2 Å². The van der Waals surface area contributed by atoms with Gasteiger partial charge in [0.15, 0.2) is 5.82 Å². The third-order valence-electron chi connectivity index (χ3n) is 2.16. The summed E-state index contributed by atoms with van der Waals surface area (Å²) in [5, 5.41) is 3.83. The normalized spacial score (nSPS) is 12.3. The van der Waals surface area contributed by atoms with E-state index in [9.17, 15) is 8.42 Å². The zero-order valence-electron chi connectivity index (χ0n) is 9.05. The minimum Gasteiger partial charge on any atom is -0.381 e. The van der Waals surface area contributed by atoms with Crippen molar-refractivity contribution in [2.75, 3.05) is 19.9 Å². The average molecular weight is 234 g/mol. The number of nitrogens with two attached hydrogens (primary N) is 1. The molecule has 2 N–H and O–H groups in total. The fourth-order valence-electron chi connectivity index (χ4n) is 1.16. The Morgan fingerprint density at radius 1 is 1.53 bits per heavy atom. The van der Waals surface area contributed by atoms with Crippen molar-refractivity contribution >= 4 is 15.8 Å². The number of nitrogens with zero attached hydrogens (tertiary/aromatic N) is 3. The SMILES string of the molecule is CON(C)S(=O)(=O)c1c(N)nn(C)c1C. The molecule has 0 aliphatic heterocycles. The maximum atomic E-state index is 11.9. The highest BCUT2D eigenvalue weighted by molar-refractivity contribution is 7.89. The first-order valence-electron chi connectivity index (χ1n) is 4.14. The second kappa shape index (κ2) is 3.80. The molecule has 0 fully saturated rings. The Morgan fingerprint density at radius 3 is 2.40 bits per heavy atom. The van der Waals surface area contributed by atoms with E-state index in [4.69, 9.17) is 5.73 Å². The van der Waals surface area contributed by atoms with Crippen LogP contribution in [0.15, 0.2) is 4.90 Å². The van der Waals surface area contributed by atoms with Crippen LogP contribution in [0.2, 0.25) is 0 Å². The zero-order valence-corrected chi connectivity index (χ0v) is 9.87. The van der Waals surface area contributed by atoms with Crippen molar-refractivity contribution in [3.63, 3.8) is 0 Å². The van der Waals surface area contributed by atoms with Gasteiger partial charge in [-0.3, -0.25) is 9.52 Å². The molecule has 0 radical (unpaired) electrons. The van der Waals surface area contributed by atoms with E-state index >= 15 is 0 Å². The molecule has 0 amide bonds. The van der Waals surface area contributed by atoms with Gasteiger partial charge >= 0.3 is 0 Å². The number of anilines is 1. The van der Waals surface area contributed by atoms with Crippen LogP contribution in [-0.4, -0.2) is 36.8 Å². The van der Waals surface area contributed by atoms with Crippen LogP contribution in [0.1, 0.15) is 5.69 Å². The molecule has 0 bridgehead atoms. The smallest absolute Gasteiger partial charge is 0.270 e. The third-order valence-corrected chi connectivity index (χ3v) is 4.00. The first-order valence-corrected chi connectivity index (χ1v) is 5.58. The molecule has 0 saturated heterocycles. The van der Waals surface area contributed by atoms with Crippen molar-refractivity contribution in [3.05, 3.63) is 5.69 Å². The standard InChI is InChI=1S/C7H14N4O3S/c1-5-6(7(8)9-10(5)2)15(12,13)11(3)14-4/h1-4H3,(H2,8,9). The Kier molecular flexibility index (Phi) is 3.03. The summed E-state index contributed by atoms with van der Waals surface area (Å²) in [5.41, 5.74) is 6.00. The molecule has 15 heavy (non-hydrogen) atoms. The summed E-state index contributed by atoms with van der Waals surface area (Å²) in [6.45, 7) is 1.62. The molecule has 0 unspecified atom stereocenters. The molecule has 7 nitrogen and oxygen atoms in total. The van der Waals surface area contributed by atoms with Gasteiger partial charge in [-0.25, -0.2) is 8.42 Å². The number of rotatable bonds is 3. The average Bonchev–Trinajstić information content (AvgIpc) is 2.40. The fraction of sp³-hybridized carbons (Fsp3) is 0.571. The first-order chi connectivity index (χ1) is 6.82. The van der Waals surface area contributed by atoms with Crippen LogP contribution >= 0.6 is 0 Å². The topological polar surface area (TPSA) is 90.4 Å². The molecule has 0 aromatic carbocycles. The molecule has 8 heteroatoms. The van der Waals surface area contributed by atoms with Crippen LogP contribution in [0.5, 0.6) is 0 Å². The zero-order chi connectivity index (χ0) is 11.8. The molecule has 0 saturated carbocycles. The van der Waals surface area contributed by atoms with Crippen molar-refractivity contribution < 1.29 is 13.3 Å². The summed E-state index contributed by atoms with van der Waals surface area (Å²) in [6.07, 6.45) is 0. The van der Waals surface area contributed by atoms with Crippen LogP contribution in [0.3, 0.4) is 0 Å². The fourth-order valence-corrected chi connectivity index (χ4v) is 2.42. The number of aryl methyl sites for hydroxylation is 1. The van der Waals surface area contributed by atoms with Crippen LogP contribution in [-0.2, 0) is 21.9 Å². The molecular formula is C7H14N4O3S. The Hall–Kier alpha value is -1.12. The number of hydrogen-bond donors (Lipinski definition) is 1. The number of hydroxylamine groups is 1. The predicted molar refractivity (Wildman–Crippen MR) is 54.3 cm³/mol. The lowest BCUT2D eigenvalue weighted by molar-refractivity contribution is -0.0258. The maximum Gasteiger partial charge on any atom is 0.270 e. The van der Waals surface area contributed by atoms with E-state index in [-0.39, 0.29) is 10.7 Å². The van der Waals surface area contributed by atoms with Gasteiger partial charge in [0.25, 0.3) is 10.0 Å². The van der Waals surface area contributed by atoms with E-state index in [0.717, 1.165) is 4.47 Å². The lowest BCUT2D eigenvalue weighted by Gasteiger charge is -2.13. The highest BCUT2D eigenvalue weighted by atomic mass is 32.2. The number of hydrogen-bond acceptors (Lipinski definition) is 5. The van der Waals surface area contributed by atoms with E-state index in [1.54, 1.807) is 14.0 Å². The van der Waals surface area contributed by atoms with Crippen LogP contribution in [0, 0.1) is 6.92 Å². The Morgan fingerprint density at radius 2 is 2.07 bits per heavy atom. The van der Waals surface area contributed by atoms with Gasteiger partial charge in [-0.1, -0.05) is 4.47 Å². The van der Waals surface area contributed by atoms with Gasteiger partial charge in [-0.15, -0.1) is 0 Å². The van der Waals surface area contributed by atoms with Gasteiger partial charge in [-0.05, 0) is 6.92 Å². The number of sulfonamides is 1. The van der Waals surface area contributed by atoms with Crippen molar-refractivity contribution in [2.24, 2.45) is 7.05 Å². The summed E-state index contributed by atoms with van der Waals surface area (Å²) in [7, 11) is 0.452. The summed E-state index contributed by atoms with van der Waals surface area (Å²) < 4.78 is 25.9. The molecule has 0 aliphatic rings. The second-order valence-electron chi connectivity index (χ2n) is 3.02. The highest BCUT2D eigenvalue weighted by Crippen LogP contribution is 2.23. The largest absolute Gasteiger partial charge is 0.381 e. The quantitative estimate of drug-likeness (QED) is 0.711. The highest BCUT2D eigenvalue weighted by Gasteiger charge is 2.28.